The van der Waals surface area contributed by atoms with E-state index in [-0.39, 0.29) is 54.7 Å². The lowest BCUT2D eigenvalue weighted by Gasteiger charge is -2.32. The van der Waals surface area contributed by atoms with Gasteiger partial charge in [-0.3, -0.25) is 14.4 Å². The van der Waals surface area contributed by atoms with E-state index in [1.165, 1.54) is 24.1 Å². The molecule has 0 saturated carbocycles. The van der Waals surface area contributed by atoms with Crippen molar-refractivity contribution >= 4 is 33.5 Å². The number of nitrogens with zero attached hydrogens (tertiary/aromatic N) is 2. The summed E-state index contributed by atoms with van der Waals surface area (Å²) >= 11 is 0. The molecule has 3 rings (SSSR count). The van der Waals surface area contributed by atoms with E-state index >= 15 is 0 Å². The molecule has 0 aliphatic carbocycles. The highest BCUT2D eigenvalue weighted by atomic mass is 32.2. The third-order valence-electron chi connectivity index (χ3n) is 5.35. The number of anilines is 1. The molecule has 2 aliphatic heterocycles. The third kappa shape index (κ3) is 4.99. The van der Waals surface area contributed by atoms with Crippen LogP contribution in [0.4, 0.5) is 5.69 Å². The van der Waals surface area contributed by atoms with Crippen LogP contribution in [0.2, 0.25) is 0 Å². The molecule has 0 unspecified atom stereocenters. The van der Waals surface area contributed by atoms with Gasteiger partial charge in [-0.25, -0.2) is 8.42 Å². The number of likely N-dealkylation sites (N-methyl/N-ethyl adjacent to an activating group) is 1. The lowest BCUT2D eigenvalue weighted by Crippen LogP contribution is -2.47. The first-order chi connectivity index (χ1) is 14.6. The van der Waals surface area contributed by atoms with E-state index in [0.717, 1.165) is 4.31 Å². The van der Waals surface area contributed by atoms with E-state index in [1.807, 2.05) is 0 Å². The molecule has 1 N–H and O–H groups in total. The number of hydrogen-bond acceptors (Lipinski definition) is 7. The summed E-state index contributed by atoms with van der Waals surface area (Å²) in [6, 6.07) is 2.89. The summed E-state index contributed by atoms with van der Waals surface area (Å²) in [7, 11) is -2.65. The number of carbonyl (C=O) groups is 3. The highest BCUT2D eigenvalue weighted by Crippen LogP contribution is 2.33. The first-order valence-corrected chi connectivity index (χ1v) is 11.6. The van der Waals surface area contributed by atoms with Crippen LogP contribution in [0.3, 0.4) is 0 Å². The largest absolute Gasteiger partial charge is 0.482 e. The van der Waals surface area contributed by atoms with Crippen LogP contribution in [0.1, 0.15) is 25.3 Å². The molecule has 2 amide bonds. The Bertz CT molecular complexity index is 993. The Kier molecular flexibility index (Phi) is 6.85. The van der Waals surface area contributed by atoms with E-state index in [0.29, 0.717) is 30.6 Å². The van der Waals surface area contributed by atoms with Gasteiger partial charge in [0.05, 0.1) is 29.7 Å². The number of esters is 1. The number of sulfonamides is 1. The number of piperidine rings is 1. The van der Waals surface area contributed by atoms with Gasteiger partial charge in [-0.1, -0.05) is 0 Å². The highest BCUT2D eigenvalue weighted by molar-refractivity contribution is 7.89. The van der Waals surface area contributed by atoms with Crippen molar-refractivity contribution in [1.82, 2.24) is 9.21 Å². The molecule has 170 valence electrons. The SMILES string of the molecule is CCOC(=O)[C@@H]1CCCN(C(=O)CN(C)S(=O)(=O)c2cc3c(cc2C)NC(=O)CO3)C1. The summed E-state index contributed by atoms with van der Waals surface area (Å²) in [4.78, 5) is 37.7. The van der Waals surface area contributed by atoms with E-state index < -0.39 is 15.9 Å². The Labute approximate surface area is 181 Å². The zero-order valence-electron chi connectivity index (χ0n) is 17.8. The Morgan fingerprint density at radius 3 is 2.81 bits per heavy atom. The van der Waals surface area contributed by atoms with Crippen molar-refractivity contribution in [2.45, 2.75) is 31.6 Å². The van der Waals surface area contributed by atoms with Gasteiger partial charge in [0.15, 0.2) is 6.61 Å². The number of rotatable bonds is 6. The Morgan fingerprint density at radius 2 is 2.10 bits per heavy atom. The first-order valence-electron chi connectivity index (χ1n) is 10.1. The molecule has 1 saturated heterocycles. The van der Waals surface area contributed by atoms with Crippen molar-refractivity contribution in [3.63, 3.8) is 0 Å². The lowest BCUT2D eigenvalue weighted by atomic mass is 9.98. The van der Waals surface area contributed by atoms with Crippen molar-refractivity contribution < 1.29 is 32.3 Å². The zero-order chi connectivity index (χ0) is 22.8. The van der Waals surface area contributed by atoms with Gasteiger partial charge in [-0.05, 0) is 38.3 Å². The smallest absolute Gasteiger partial charge is 0.310 e. The number of aryl methyl sites for hydroxylation is 1. The van der Waals surface area contributed by atoms with Crippen LogP contribution in [0.15, 0.2) is 17.0 Å². The van der Waals surface area contributed by atoms with Gasteiger partial charge in [0.1, 0.15) is 5.75 Å². The van der Waals surface area contributed by atoms with Crippen LogP contribution in [-0.4, -0.2) is 75.3 Å². The van der Waals surface area contributed by atoms with Gasteiger partial charge in [0, 0.05) is 26.2 Å². The second-order valence-corrected chi connectivity index (χ2v) is 9.66. The average Bonchev–Trinajstić information content (AvgIpc) is 2.73. The number of hydrogen-bond donors (Lipinski definition) is 1. The molecule has 0 bridgehead atoms. The van der Waals surface area contributed by atoms with Crippen molar-refractivity contribution in [1.29, 1.82) is 0 Å². The molecule has 1 aromatic rings. The molecular formula is C20H27N3O7S. The highest BCUT2D eigenvalue weighted by Gasteiger charge is 2.32. The number of benzene rings is 1. The molecule has 31 heavy (non-hydrogen) atoms. The minimum atomic E-state index is -3.99. The predicted molar refractivity (Wildman–Crippen MR) is 111 cm³/mol. The molecule has 11 heteroatoms. The molecule has 0 spiro atoms. The second-order valence-electron chi connectivity index (χ2n) is 7.64. The fraction of sp³-hybridized carbons (Fsp3) is 0.550. The van der Waals surface area contributed by atoms with Gasteiger partial charge >= 0.3 is 5.97 Å². The molecule has 2 heterocycles. The first kappa shape index (κ1) is 23.0. The Balaban J connectivity index is 1.72. The van der Waals surface area contributed by atoms with E-state index in [2.05, 4.69) is 5.32 Å². The zero-order valence-corrected chi connectivity index (χ0v) is 18.7. The van der Waals surface area contributed by atoms with Crippen molar-refractivity contribution in [2.24, 2.45) is 5.92 Å². The van der Waals surface area contributed by atoms with Crippen LogP contribution in [0.25, 0.3) is 0 Å². The fourth-order valence-corrected chi connectivity index (χ4v) is 5.03. The average molecular weight is 454 g/mol. The molecule has 10 nitrogen and oxygen atoms in total. The summed E-state index contributed by atoms with van der Waals surface area (Å²) in [5, 5.41) is 2.64. The van der Waals surface area contributed by atoms with Gasteiger partial charge in [0.25, 0.3) is 5.91 Å². The Hall–Kier alpha value is -2.66. The predicted octanol–water partition coefficient (Wildman–Crippen LogP) is 0.748. The number of fused-ring (bicyclic) bond motifs is 1. The number of ether oxygens (including phenoxy) is 2. The van der Waals surface area contributed by atoms with E-state index in [9.17, 15) is 22.8 Å². The van der Waals surface area contributed by atoms with Crippen LogP contribution in [0.5, 0.6) is 5.75 Å². The number of carbonyl (C=O) groups excluding carboxylic acids is 3. The van der Waals surface area contributed by atoms with E-state index in [1.54, 1.807) is 13.8 Å². The monoisotopic (exact) mass is 453 g/mol. The van der Waals surface area contributed by atoms with Gasteiger partial charge in [0.2, 0.25) is 15.9 Å². The maximum Gasteiger partial charge on any atom is 0.310 e. The quantitative estimate of drug-likeness (QED) is 0.631. The molecule has 1 fully saturated rings. The maximum absolute atomic E-state index is 13.1. The standard InChI is InChI=1S/C20H27N3O7S/c1-4-29-20(26)14-6-5-7-23(10-14)19(25)11-22(3)31(27,28)17-9-16-15(8-13(17)2)21-18(24)12-30-16/h8-9,14H,4-7,10-12H2,1-3H3,(H,21,24)/t14-/m1/s1. The summed E-state index contributed by atoms with van der Waals surface area (Å²) in [5.41, 5.74) is 0.828. The topological polar surface area (TPSA) is 122 Å². The van der Waals surface area contributed by atoms with Crippen molar-refractivity contribution in [3.05, 3.63) is 17.7 Å². The molecule has 1 atom stereocenters. The van der Waals surface area contributed by atoms with Crippen molar-refractivity contribution in [3.8, 4) is 5.75 Å². The Morgan fingerprint density at radius 1 is 1.35 bits per heavy atom. The molecular weight excluding hydrogens is 426 g/mol. The van der Waals surface area contributed by atoms with Crippen LogP contribution < -0.4 is 10.1 Å². The van der Waals surface area contributed by atoms with Crippen LogP contribution >= 0.6 is 0 Å². The minimum absolute atomic E-state index is 0.000688. The third-order valence-corrected chi connectivity index (χ3v) is 7.30. The fourth-order valence-electron chi connectivity index (χ4n) is 3.69. The second kappa shape index (κ2) is 9.23. The summed E-state index contributed by atoms with van der Waals surface area (Å²) in [6.07, 6.45) is 1.29. The summed E-state index contributed by atoms with van der Waals surface area (Å²) in [5.74, 6) is -1.16. The number of nitrogens with one attached hydrogen (secondary N) is 1. The molecule has 1 aromatic carbocycles. The van der Waals surface area contributed by atoms with Gasteiger partial charge in [-0.2, -0.15) is 4.31 Å². The van der Waals surface area contributed by atoms with Crippen LogP contribution in [-0.2, 0) is 29.1 Å². The van der Waals surface area contributed by atoms with E-state index in [4.69, 9.17) is 9.47 Å². The maximum atomic E-state index is 13.1. The minimum Gasteiger partial charge on any atom is -0.482 e. The van der Waals surface area contributed by atoms with Crippen LogP contribution in [0, 0.1) is 12.8 Å². The normalized spacial score (nSPS) is 18.8. The molecule has 0 aromatic heterocycles. The van der Waals surface area contributed by atoms with Crippen molar-refractivity contribution in [2.75, 3.05) is 45.2 Å². The van der Waals surface area contributed by atoms with Gasteiger partial charge < -0.3 is 19.7 Å². The lowest BCUT2D eigenvalue weighted by molar-refractivity contribution is -0.151. The van der Waals surface area contributed by atoms with Gasteiger partial charge in [-0.15, -0.1) is 0 Å². The molecule has 0 radical (unpaired) electrons. The summed E-state index contributed by atoms with van der Waals surface area (Å²) < 4.78 is 37.6. The number of likely N-dealkylation sites (tertiary alicyclic amines) is 1. The summed E-state index contributed by atoms with van der Waals surface area (Å²) in [6.45, 7) is 3.75. The molecule has 2 aliphatic rings. The number of amides is 2.